The molecule has 14 heavy (non-hydrogen) atoms. The molecule has 0 radical (unpaired) electrons. The summed E-state index contributed by atoms with van der Waals surface area (Å²) in [5, 5.41) is 0.688. The Morgan fingerprint density at radius 3 is 2.36 bits per heavy atom. The van der Waals surface area contributed by atoms with E-state index in [1.165, 1.54) is 16.7 Å². The molecule has 62 valence electrons. The molecule has 0 saturated carbocycles. The topological polar surface area (TPSA) is 0 Å². The fourth-order valence-electron chi connectivity index (χ4n) is 1.78. The first kappa shape index (κ1) is 9.87. The van der Waals surface area contributed by atoms with E-state index in [1.54, 1.807) is 0 Å². The Bertz CT molecular complexity index is 491. The summed E-state index contributed by atoms with van der Waals surface area (Å²) >= 11 is 5.86. The van der Waals surface area contributed by atoms with Gasteiger partial charge in [-0.15, -0.1) is 46.5 Å². The largest absolute Gasteiger partial charge is 1.00 e. The first-order valence-electron chi connectivity index (χ1n) is 4.18. The third kappa shape index (κ3) is 1.23. The van der Waals surface area contributed by atoms with Crippen LogP contribution in [0.1, 0.15) is 0 Å². The zero-order valence-corrected chi connectivity index (χ0v) is 8.60. The maximum Gasteiger partial charge on any atom is 1.00 e. The van der Waals surface area contributed by atoms with Gasteiger partial charge in [-0.05, 0) is 5.02 Å². The Morgan fingerprint density at radius 1 is 0.857 bits per heavy atom. The average molecular weight is 193 g/mol. The van der Waals surface area contributed by atoms with E-state index in [2.05, 4.69) is 30.3 Å². The van der Waals surface area contributed by atoms with Crippen LogP contribution in [0.2, 0.25) is 5.02 Å². The van der Waals surface area contributed by atoms with Gasteiger partial charge in [0.05, 0.1) is 0 Å². The SMILES string of the molecule is Clc1[c-]c2c(cc1)-c1ccccc1-2.[Li+]. The molecule has 0 aliphatic heterocycles. The molecule has 0 atom stereocenters. The Balaban J connectivity index is 0.000000750. The minimum Gasteiger partial charge on any atom is -0.137 e. The molecule has 0 spiro atoms. The Morgan fingerprint density at radius 2 is 1.57 bits per heavy atom. The van der Waals surface area contributed by atoms with Crippen molar-refractivity contribution in [3.05, 3.63) is 47.5 Å². The molecule has 0 heterocycles. The van der Waals surface area contributed by atoms with Crippen LogP contribution in [0, 0.1) is 6.07 Å². The number of rotatable bonds is 0. The van der Waals surface area contributed by atoms with Crippen molar-refractivity contribution < 1.29 is 18.9 Å². The van der Waals surface area contributed by atoms with E-state index in [-0.39, 0.29) is 18.9 Å². The third-order valence-corrected chi connectivity index (χ3v) is 2.62. The Labute approximate surface area is 100 Å². The molecule has 0 saturated heterocycles. The zero-order chi connectivity index (χ0) is 8.84. The van der Waals surface area contributed by atoms with Crippen molar-refractivity contribution in [2.45, 2.75) is 0 Å². The summed E-state index contributed by atoms with van der Waals surface area (Å²) in [5.41, 5.74) is 4.99. The zero-order valence-electron chi connectivity index (χ0n) is 7.84. The molecule has 0 amide bonds. The summed E-state index contributed by atoms with van der Waals surface area (Å²) in [4.78, 5) is 0. The van der Waals surface area contributed by atoms with Crippen LogP contribution in [0.3, 0.4) is 0 Å². The number of benzene rings is 2. The molecule has 2 aromatic carbocycles. The van der Waals surface area contributed by atoms with Gasteiger partial charge in [-0.25, -0.2) is 0 Å². The van der Waals surface area contributed by atoms with Gasteiger partial charge in [-0.2, -0.15) is 0 Å². The van der Waals surface area contributed by atoms with Crippen molar-refractivity contribution in [3.8, 4) is 22.3 Å². The Hall–Kier alpha value is -0.673. The van der Waals surface area contributed by atoms with Gasteiger partial charge in [0.1, 0.15) is 0 Å². The second-order valence-corrected chi connectivity index (χ2v) is 3.55. The minimum atomic E-state index is 0. The van der Waals surface area contributed by atoms with Gasteiger partial charge in [0.2, 0.25) is 0 Å². The number of halogens is 1. The van der Waals surface area contributed by atoms with Crippen LogP contribution in [0.15, 0.2) is 36.4 Å². The molecule has 0 N–H and O–H groups in total. The first-order chi connectivity index (χ1) is 6.36. The van der Waals surface area contributed by atoms with Gasteiger partial charge >= 0.3 is 18.9 Å². The molecule has 0 unspecified atom stereocenters. The normalized spacial score (nSPS) is 10.6. The summed E-state index contributed by atoms with van der Waals surface area (Å²) in [5.74, 6) is 0. The molecular weight excluding hydrogens is 187 g/mol. The second kappa shape index (κ2) is 3.48. The molecule has 2 aromatic rings. The smallest absolute Gasteiger partial charge is 0.137 e. The number of hydrogen-bond donors (Lipinski definition) is 0. The minimum absolute atomic E-state index is 0. The summed E-state index contributed by atoms with van der Waals surface area (Å²) in [6.45, 7) is 0. The maximum atomic E-state index is 5.86. The average Bonchev–Trinajstić information content (AvgIpc) is 2.15. The molecule has 0 aromatic heterocycles. The molecule has 0 bridgehead atoms. The molecule has 0 nitrogen and oxygen atoms in total. The van der Waals surface area contributed by atoms with E-state index in [0.29, 0.717) is 5.02 Å². The van der Waals surface area contributed by atoms with Gasteiger partial charge in [-0.1, -0.05) is 29.8 Å². The van der Waals surface area contributed by atoms with Crippen molar-refractivity contribution in [2.75, 3.05) is 0 Å². The van der Waals surface area contributed by atoms with Crippen molar-refractivity contribution in [1.29, 1.82) is 0 Å². The molecule has 0 fully saturated rings. The van der Waals surface area contributed by atoms with Crippen molar-refractivity contribution >= 4 is 11.6 Å². The second-order valence-electron chi connectivity index (χ2n) is 3.14. The van der Waals surface area contributed by atoms with Gasteiger partial charge in [-0.3, -0.25) is 0 Å². The van der Waals surface area contributed by atoms with E-state index in [9.17, 15) is 0 Å². The van der Waals surface area contributed by atoms with E-state index < -0.39 is 0 Å². The third-order valence-electron chi connectivity index (χ3n) is 2.40. The summed E-state index contributed by atoms with van der Waals surface area (Å²) in [7, 11) is 0. The quantitative estimate of drug-likeness (QED) is 0.365. The molecule has 1 aliphatic carbocycles. The fourth-order valence-corrected chi connectivity index (χ4v) is 1.94. The van der Waals surface area contributed by atoms with Crippen LogP contribution >= 0.6 is 11.6 Å². The standard InChI is InChI=1S/C12H6Cl.Li/c13-8-5-6-11-9-3-1-2-4-10(9)12(11)7-8;/h1-6H;/q-1;+1. The van der Waals surface area contributed by atoms with Crippen LogP contribution < -0.4 is 18.9 Å². The predicted molar refractivity (Wildman–Crippen MR) is 54.7 cm³/mol. The van der Waals surface area contributed by atoms with Crippen LogP contribution in [-0.2, 0) is 0 Å². The van der Waals surface area contributed by atoms with E-state index in [0.717, 1.165) is 5.56 Å². The monoisotopic (exact) mass is 192 g/mol. The van der Waals surface area contributed by atoms with E-state index in [4.69, 9.17) is 11.6 Å². The van der Waals surface area contributed by atoms with Crippen LogP contribution in [-0.4, -0.2) is 0 Å². The maximum absolute atomic E-state index is 5.86. The number of fused-ring (bicyclic) bond motifs is 4. The number of hydrogen-bond acceptors (Lipinski definition) is 0. The van der Waals surface area contributed by atoms with Crippen molar-refractivity contribution in [3.63, 3.8) is 0 Å². The van der Waals surface area contributed by atoms with Gasteiger partial charge in [0.15, 0.2) is 0 Å². The van der Waals surface area contributed by atoms with Crippen LogP contribution in [0.25, 0.3) is 22.3 Å². The van der Waals surface area contributed by atoms with E-state index >= 15 is 0 Å². The van der Waals surface area contributed by atoms with Gasteiger partial charge in [0.25, 0.3) is 0 Å². The summed E-state index contributed by atoms with van der Waals surface area (Å²) in [6.07, 6.45) is 0. The van der Waals surface area contributed by atoms with Crippen molar-refractivity contribution in [2.24, 2.45) is 0 Å². The van der Waals surface area contributed by atoms with E-state index in [1.807, 2.05) is 12.1 Å². The summed E-state index contributed by atoms with van der Waals surface area (Å²) in [6, 6.07) is 15.4. The van der Waals surface area contributed by atoms with Crippen LogP contribution in [0.5, 0.6) is 0 Å². The molecular formula is C12H6ClLi. The molecule has 1 aliphatic rings. The van der Waals surface area contributed by atoms with Gasteiger partial charge < -0.3 is 0 Å². The summed E-state index contributed by atoms with van der Waals surface area (Å²) < 4.78 is 0. The van der Waals surface area contributed by atoms with Crippen LogP contribution in [0.4, 0.5) is 0 Å². The molecule has 3 rings (SSSR count). The predicted octanol–water partition coefficient (Wildman–Crippen LogP) is 0.792. The van der Waals surface area contributed by atoms with Crippen molar-refractivity contribution in [1.82, 2.24) is 0 Å². The Kier molecular flexibility index (Phi) is 2.45. The van der Waals surface area contributed by atoms with Gasteiger partial charge in [0, 0.05) is 0 Å². The first-order valence-corrected chi connectivity index (χ1v) is 4.55. The fraction of sp³-hybridized carbons (Fsp3) is 0. The molecule has 2 heteroatoms.